The van der Waals surface area contributed by atoms with Crippen LogP contribution < -0.4 is 0 Å². The highest BCUT2D eigenvalue weighted by Crippen LogP contribution is 2.19. The number of amides is 1. The molecule has 1 N–H and O–H groups in total. The van der Waals surface area contributed by atoms with E-state index in [0.717, 1.165) is 12.8 Å². The minimum atomic E-state index is -0.490. The number of hydrogen-bond donors (Lipinski definition) is 1. The predicted molar refractivity (Wildman–Crippen MR) is 149 cm³/mol. The minimum Gasteiger partial charge on any atom is -0.394 e. The van der Waals surface area contributed by atoms with Crippen molar-refractivity contribution in [3.63, 3.8) is 0 Å². The molecule has 0 aliphatic carbocycles. The van der Waals surface area contributed by atoms with Crippen LogP contribution in [0.15, 0.2) is 18.2 Å². The van der Waals surface area contributed by atoms with Gasteiger partial charge in [0, 0.05) is 20.1 Å². The van der Waals surface area contributed by atoms with Gasteiger partial charge >= 0.3 is 0 Å². The number of aliphatic hydroxyl groups is 1. The number of unbranched alkanes of at least 4 members (excludes halogenated alkanes) is 15. The molecule has 4 nitrogen and oxygen atoms in total. The monoisotopic (exact) mass is 527 g/mol. The molecule has 0 aliphatic heterocycles. The van der Waals surface area contributed by atoms with Gasteiger partial charge in [-0.15, -0.1) is 0 Å². The zero-order chi connectivity index (χ0) is 26.4. The molecule has 208 valence electrons. The predicted octanol–water partition coefficient (Wildman–Crippen LogP) is 8.47. The molecule has 0 saturated carbocycles. The van der Waals surface area contributed by atoms with Crippen LogP contribution in [-0.4, -0.2) is 41.8 Å². The first-order chi connectivity index (χ1) is 17.5. The molecule has 0 radical (unpaired) electrons. The van der Waals surface area contributed by atoms with E-state index in [9.17, 15) is 14.3 Å². The fourth-order valence-corrected chi connectivity index (χ4v) is 4.75. The molecule has 1 atom stereocenters. The van der Waals surface area contributed by atoms with E-state index in [1.165, 1.54) is 109 Å². The van der Waals surface area contributed by atoms with Crippen LogP contribution in [0, 0.1) is 5.82 Å². The van der Waals surface area contributed by atoms with Gasteiger partial charge in [0.15, 0.2) is 0 Å². The maximum absolute atomic E-state index is 13.4. The lowest BCUT2D eigenvalue weighted by Crippen LogP contribution is -2.43. The Morgan fingerprint density at radius 2 is 1.42 bits per heavy atom. The summed E-state index contributed by atoms with van der Waals surface area (Å²) < 4.78 is 19.2. The van der Waals surface area contributed by atoms with Crippen molar-refractivity contribution >= 4 is 17.5 Å². The Morgan fingerprint density at radius 3 is 1.86 bits per heavy atom. The number of carbonyl (C=O) groups excluding carboxylic acids is 1. The van der Waals surface area contributed by atoms with Gasteiger partial charge in [-0.2, -0.15) is 0 Å². The molecule has 1 amide bonds. The number of halogens is 2. The molecule has 1 aromatic rings. The number of carbonyl (C=O) groups is 1. The van der Waals surface area contributed by atoms with Gasteiger partial charge < -0.3 is 14.7 Å². The number of nitrogens with zero attached hydrogens (tertiary/aromatic N) is 1. The van der Waals surface area contributed by atoms with E-state index in [4.69, 9.17) is 16.3 Å². The van der Waals surface area contributed by atoms with Gasteiger partial charge in [0.1, 0.15) is 5.82 Å². The van der Waals surface area contributed by atoms with Crippen LogP contribution in [0.2, 0.25) is 5.02 Å². The van der Waals surface area contributed by atoms with E-state index in [1.807, 2.05) is 0 Å². The average molecular weight is 528 g/mol. The van der Waals surface area contributed by atoms with Gasteiger partial charge in [-0.05, 0) is 24.1 Å². The highest BCUT2D eigenvalue weighted by Gasteiger charge is 2.21. The molecule has 0 fully saturated rings. The van der Waals surface area contributed by atoms with Crippen molar-refractivity contribution in [2.45, 2.75) is 129 Å². The van der Waals surface area contributed by atoms with E-state index in [0.29, 0.717) is 12.2 Å². The SMILES string of the molecule is CCCCCCCCCCCCCCCCCCOCC(CO)N(Cc1ccc(F)c(Cl)c1)C(C)=O. The van der Waals surface area contributed by atoms with Crippen LogP contribution in [0.4, 0.5) is 4.39 Å². The molecule has 1 aromatic carbocycles. The molecule has 6 heteroatoms. The summed E-state index contributed by atoms with van der Waals surface area (Å²) in [5, 5.41) is 9.83. The summed E-state index contributed by atoms with van der Waals surface area (Å²) in [5.41, 5.74) is 0.716. The summed E-state index contributed by atoms with van der Waals surface area (Å²) in [6, 6.07) is 3.96. The van der Waals surface area contributed by atoms with Gasteiger partial charge in [-0.3, -0.25) is 4.79 Å². The Labute approximate surface area is 224 Å². The number of ether oxygens (including phenoxy) is 1. The van der Waals surface area contributed by atoms with Crippen molar-refractivity contribution in [2.75, 3.05) is 19.8 Å². The van der Waals surface area contributed by atoms with Crippen molar-refractivity contribution in [3.8, 4) is 0 Å². The standard InChI is InChI=1S/C30H51ClFNO3/c1-3-4-5-6-7-8-9-10-11-12-13-14-15-16-17-18-21-36-25-28(24-34)33(26(2)35)23-27-19-20-30(32)29(31)22-27/h19-20,22,28,34H,3-18,21,23-25H2,1-2H3. The van der Waals surface area contributed by atoms with Crippen LogP contribution in [0.3, 0.4) is 0 Å². The average Bonchev–Trinajstić information content (AvgIpc) is 2.86. The number of benzene rings is 1. The zero-order valence-electron chi connectivity index (χ0n) is 22.9. The summed E-state index contributed by atoms with van der Waals surface area (Å²) in [5.74, 6) is -0.656. The third kappa shape index (κ3) is 15.8. The molecule has 0 spiro atoms. The highest BCUT2D eigenvalue weighted by atomic mass is 35.5. The van der Waals surface area contributed by atoms with E-state index >= 15 is 0 Å². The maximum Gasteiger partial charge on any atom is 0.220 e. The summed E-state index contributed by atoms with van der Waals surface area (Å²) in [6.45, 7) is 4.71. The lowest BCUT2D eigenvalue weighted by Gasteiger charge is -2.29. The molecule has 1 rings (SSSR count). The second-order valence-electron chi connectivity index (χ2n) is 10.1. The van der Waals surface area contributed by atoms with Gasteiger partial charge in [0.25, 0.3) is 0 Å². The lowest BCUT2D eigenvalue weighted by atomic mass is 10.0. The normalized spacial score (nSPS) is 12.1. The molecular formula is C30H51ClFNO3. The molecule has 0 aromatic heterocycles. The van der Waals surface area contributed by atoms with Crippen LogP contribution >= 0.6 is 11.6 Å². The Kier molecular flexibility index (Phi) is 20.0. The molecule has 0 bridgehead atoms. The second kappa shape index (κ2) is 21.9. The number of hydrogen-bond acceptors (Lipinski definition) is 3. The first-order valence-corrected chi connectivity index (χ1v) is 14.8. The molecule has 0 aliphatic rings. The molecule has 0 saturated heterocycles. The summed E-state index contributed by atoms with van der Waals surface area (Å²) in [6.07, 6.45) is 21.3. The Bertz CT molecular complexity index is 688. The van der Waals surface area contributed by atoms with Crippen LogP contribution in [-0.2, 0) is 16.1 Å². The summed E-state index contributed by atoms with van der Waals surface area (Å²) >= 11 is 5.86. The highest BCUT2D eigenvalue weighted by molar-refractivity contribution is 6.30. The second-order valence-corrected chi connectivity index (χ2v) is 10.5. The van der Waals surface area contributed by atoms with Gasteiger partial charge in [-0.25, -0.2) is 4.39 Å². The molecule has 1 unspecified atom stereocenters. The molecular weight excluding hydrogens is 477 g/mol. The maximum atomic E-state index is 13.4. The third-order valence-electron chi connectivity index (χ3n) is 6.85. The van der Waals surface area contributed by atoms with Crippen molar-refractivity contribution in [1.29, 1.82) is 0 Å². The first kappa shape index (κ1) is 32.9. The largest absolute Gasteiger partial charge is 0.394 e. The zero-order valence-corrected chi connectivity index (χ0v) is 23.7. The van der Waals surface area contributed by atoms with Gasteiger partial charge in [0.05, 0.1) is 24.3 Å². The van der Waals surface area contributed by atoms with E-state index in [1.54, 1.807) is 11.0 Å². The lowest BCUT2D eigenvalue weighted by molar-refractivity contribution is -0.134. The fourth-order valence-electron chi connectivity index (χ4n) is 4.55. The fraction of sp³-hybridized carbons (Fsp3) is 0.767. The minimum absolute atomic E-state index is 0.0244. The Hall–Kier alpha value is -1.17. The van der Waals surface area contributed by atoms with Gasteiger partial charge in [-0.1, -0.05) is 121 Å². The van der Waals surface area contributed by atoms with E-state index < -0.39 is 11.9 Å². The van der Waals surface area contributed by atoms with Crippen LogP contribution in [0.25, 0.3) is 0 Å². The first-order valence-electron chi connectivity index (χ1n) is 14.4. The smallest absolute Gasteiger partial charge is 0.220 e. The Morgan fingerprint density at radius 1 is 0.917 bits per heavy atom. The van der Waals surface area contributed by atoms with Crippen LogP contribution in [0.5, 0.6) is 0 Å². The summed E-state index contributed by atoms with van der Waals surface area (Å²) in [4.78, 5) is 13.7. The van der Waals surface area contributed by atoms with Crippen molar-refractivity contribution in [3.05, 3.63) is 34.6 Å². The van der Waals surface area contributed by atoms with Crippen LogP contribution in [0.1, 0.15) is 122 Å². The number of rotatable bonds is 23. The number of aliphatic hydroxyl groups excluding tert-OH is 1. The Balaban J connectivity index is 2.04. The van der Waals surface area contributed by atoms with Gasteiger partial charge in [0.2, 0.25) is 5.91 Å². The van der Waals surface area contributed by atoms with Crippen molar-refractivity contribution < 1.29 is 19.0 Å². The van der Waals surface area contributed by atoms with Crippen molar-refractivity contribution in [1.82, 2.24) is 4.90 Å². The van der Waals surface area contributed by atoms with E-state index in [-0.39, 0.29) is 30.7 Å². The molecule has 0 heterocycles. The summed E-state index contributed by atoms with van der Waals surface area (Å²) in [7, 11) is 0. The van der Waals surface area contributed by atoms with E-state index in [2.05, 4.69) is 6.92 Å². The van der Waals surface area contributed by atoms with Crippen molar-refractivity contribution in [2.24, 2.45) is 0 Å². The quantitative estimate of drug-likeness (QED) is 0.145. The topological polar surface area (TPSA) is 49.8 Å². The molecule has 36 heavy (non-hydrogen) atoms. The third-order valence-corrected chi connectivity index (χ3v) is 7.14.